The van der Waals surface area contributed by atoms with Crippen LogP contribution in [0.5, 0.6) is 0 Å². The highest BCUT2D eigenvalue weighted by Crippen LogP contribution is 2.15. The monoisotopic (exact) mass is 269 g/mol. The molecule has 4 nitrogen and oxygen atoms in total. The van der Waals surface area contributed by atoms with E-state index in [4.69, 9.17) is 5.73 Å². The number of benzene rings is 2. The van der Waals surface area contributed by atoms with Gasteiger partial charge in [-0.25, -0.2) is 4.79 Å². The Balaban J connectivity index is 1.92. The fourth-order valence-electron chi connectivity index (χ4n) is 1.88. The number of nitrogens with one attached hydrogen (secondary N) is 2. The number of hydrogen-bond donors (Lipinski definition) is 3. The summed E-state index contributed by atoms with van der Waals surface area (Å²) in [5, 5.41) is 5.62. The Morgan fingerprint density at radius 1 is 1.10 bits per heavy atom. The quantitative estimate of drug-likeness (QED) is 0.749. The first-order valence-electron chi connectivity index (χ1n) is 6.52. The van der Waals surface area contributed by atoms with Crippen molar-refractivity contribution in [2.75, 3.05) is 11.1 Å². The number of aryl methyl sites for hydroxylation is 1. The number of hydrogen-bond acceptors (Lipinski definition) is 2. The predicted molar refractivity (Wildman–Crippen MR) is 82.6 cm³/mol. The molecule has 104 valence electrons. The zero-order valence-electron chi connectivity index (χ0n) is 11.7. The van der Waals surface area contributed by atoms with E-state index in [1.807, 2.05) is 56.3 Å². The summed E-state index contributed by atoms with van der Waals surface area (Å²) in [7, 11) is 0. The molecule has 0 saturated heterocycles. The Labute approximate surface area is 119 Å². The molecule has 4 N–H and O–H groups in total. The van der Waals surface area contributed by atoms with Gasteiger partial charge in [-0.05, 0) is 43.2 Å². The molecule has 0 fully saturated rings. The van der Waals surface area contributed by atoms with Gasteiger partial charge < -0.3 is 16.4 Å². The van der Waals surface area contributed by atoms with Gasteiger partial charge in [-0.2, -0.15) is 0 Å². The van der Waals surface area contributed by atoms with E-state index in [1.54, 1.807) is 0 Å². The number of carbonyl (C=O) groups is 1. The molecule has 2 rings (SSSR count). The minimum Gasteiger partial charge on any atom is -0.399 e. The summed E-state index contributed by atoms with van der Waals surface area (Å²) in [6, 6.07) is 13.1. The lowest BCUT2D eigenvalue weighted by atomic mass is 10.1. The van der Waals surface area contributed by atoms with Crippen LogP contribution >= 0.6 is 0 Å². The van der Waals surface area contributed by atoms with Crippen LogP contribution in [0.3, 0.4) is 0 Å². The second-order valence-electron chi connectivity index (χ2n) is 4.81. The standard InChI is InChI=1S/C16H19N3O/c1-11-6-8-14(9-7-11)19-16(20)18-10-13-4-3-5-15(17)12(13)2/h3-9H,10,17H2,1-2H3,(H2,18,19,20). The smallest absolute Gasteiger partial charge is 0.319 e. The molecule has 0 atom stereocenters. The Bertz CT molecular complexity index is 606. The Hall–Kier alpha value is -2.49. The third kappa shape index (κ3) is 3.51. The summed E-state index contributed by atoms with van der Waals surface area (Å²) in [5.74, 6) is 0. The summed E-state index contributed by atoms with van der Waals surface area (Å²) in [5.41, 5.74) is 10.5. The molecule has 0 aliphatic heterocycles. The Morgan fingerprint density at radius 3 is 2.50 bits per heavy atom. The number of urea groups is 1. The van der Waals surface area contributed by atoms with Crippen molar-refractivity contribution >= 4 is 17.4 Å². The van der Waals surface area contributed by atoms with Crippen LogP contribution in [0, 0.1) is 13.8 Å². The maximum atomic E-state index is 11.8. The van der Waals surface area contributed by atoms with E-state index in [1.165, 1.54) is 0 Å². The molecule has 0 bridgehead atoms. The van der Waals surface area contributed by atoms with Crippen LogP contribution in [0.4, 0.5) is 16.2 Å². The number of anilines is 2. The second kappa shape index (κ2) is 6.10. The first-order valence-corrected chi connectivity index (χ1v) is 6.52. The minimum absolute atomic E-state index is 0.226. The normalized spacial score (nSPS) is 10.1. The molecular formula is C16H19N3O. The van der Waals surface area contributed by atoms with Gasteiger partial charge in [-0.15, -0.1) is 0 Å². The summed E-state index contributed by atoms with van der Waals surface area (Å²) < 4.78 is 0. The molecule has 0 unspecified atom stereocenters. The van der Waals surface area contributed by atoms with Gasteiger partial charge in [0.05, 0.1) is 0 Å². The van der Waals surface area contributed by atoms with Gasteiger partial charge in [0.25, 0.3) is 0 Å². The summed E-state index contributed by atoms with van der Waals surface area (Å²) in [6.07, 6.45) is 0. The van der Waals surface area contributed by atoms with E-state index < -0.39 is 0 Å². The van der Waals surface area contributed by atoms with E-state index in [2.05, 4.69) is 10.6 Å². The zero-order chi connectivity index (χ0) is 14.5. The van der Waals surface area contributed by atoms with Crippen molar-refractivity contribution in [2.45, 2.75) is 20.4 Å². The van der Waals surface area contributed by atoms with Crippen LogP contribution in [-0.2, 0) is 6.54 Å². The Morgan fingerprint density at radius 2 is 1.80 bits per heavy atom. The molecule has 0 aliphatic rings. The van der Waals surface area contributed by atoms with E-state index in [9.17, 15) is 4.79 Å². The minimum atomic E-state index is -0.226. The molecule has 2 amide bonds. The van der Waals surface area contributed by atoms with Crippen LogP contribution in [0.1, 0.15) is 16.7 Å². The molecule has 0 saturated carbocycles. The molecule has 0 aliphatic carbocycles. The second-order valence-corrected chi connectivity index (χ2v) is 4.81. The van der Waals surface area contributed by atoms with Crippen LogP contribution in [-0.4, -0.2) is 6.03 Å². The van der Waals surface area contributed by atoms with Crippen molar-refractivity contribution in [3.63, 3.8) is 0 Å². The lowest BCUT2D eigenvalue weighted by Crippen LogP contribution is -2.28. The number of rotatable bonds is 3. The van der Waals surface area contributed by atoms with Crippen LogP contribution in [0.25, 0.3) is 0 Å². The molecule has 0 spiro atoms. The molecule has 20 heavy (non-hydrogen) atoms. The van der Waals surface area contributed by atoms with Crippen LogP contribution < -0.4 is 16.4 Å². The molecule has 0 aromatic heterocycles. The molecular weight excluding hydrogens is 250 g/mol. The third-order valence-electron chi connectivity index (χ3n) is 3.24. The first kappa shape index (κ1) is 13.9. The average Bonchev–Trinajstić information content (AvgIpc) is 2.43. The van der Waals surface area contributed by atoms with E-state index >= 15 is 0 Å². The van der Waals surface area contributed by atoms with Crippen molar-refractivity contribution < 1.29 is 4.79 Å². The fraction of sp³-hybridized carbons (Fsp3) is 0.188. The van der Waals surface area contributed by atoms with Crippen molar-refractivity contribution in [1.82, 2.24) is 5.32 Å². The van der Waals surface area contributed by atoms with Gasteiger partial charge in [0.1, 0.15) is 0 Å². The molecule has 2 aromatic carbocycles. The third-order valence-corrected chi connectivity index (χ3v) is 3.24. The zero-order valence-corrected chi connectivity index (χ0v) is 11.7. The molecule has 2 aromatic rings. The number of carbonyl (C=O) groups excluding carboxylic acids is 1. The highest BCUT2D eigenvalue weighted by atomic mass is 16.2. The topological polar surface area (TPSA) is 67.2 Å². The van der Waals surface area contributed by atoms with Gasteiger partial charge in [0, 0.05) is 17.9 Å². The largest absolute Gasteiger partial charge is 0.399 e. The highest BCUT2D eigenvalue weighted by Gasteiger charge is 2.04. The molecule has 0 heterocycles. The number of nitrogen functional groups attached to an aromatic ring is 1. The lowest BCUT2D eigenvalue weighted by Gasteiger charge is -2.11. The van der Waals surface area contributed by atoms with Crippen molar-refractivity contribution in [1.29, 1.82) is 0 Å². The van der Waals surface area contributed by atoms with Gasteiger partial charge in [-0.1, -0.05) is 29.8 Å². The SMILES string of the molecule is Cc1ccc(NC(=O)NCc2cccc(N)c2C)cc1. The summed E-state index contributed by atoms with van der Waals surface area (Å²) in [6.45, 7) is 4.41. The van der Waals surface area contributed by atoms with E-state index in [0.29, 0.717) is 6.54 Å². The Kier molecular flexibility index (Phi) is 4.25. The number of amides is 2. The van der Waals surface area contributed by atoms with Gasteiger partial charge in [0.15, 0.2) is 0 Å². The summed E-state index contributed by atoms with van der Waals surface area (Å²) in [4.78, 5) is 11.8. The lowest BCUT2D eigenvalue weighted by molar-refractivity contribution is 0.251. The predicted octanol–water partition coefficient (Wildman–Crippen LogP) is 3.21. The summed E-state index contributed by atoms with van der Waals surface area (Å²) >= 11 is 0. The van der Waals surface area contributed by atoms with Gasteiger partial charge in [0.2, 0.25) is 0 Å². The van der Waals surface area contributed by atoms with E-state index in [0.717, 1.165) is 28.1 Å². The average molecular weight is 269 g/mol. The van der Waals surface area contributed by atoms with E-state index in [-0.39, 0.29) is 6.03 Å². The van der Waals surface area contributed by atoms with Crippen molar-refractivity contribution in [3.05, 3.63) is 59.2 Å². The van der Waals surface area contributed by atoms with Crippen molar-refractivity contribution in [3.8, 4) is 0 Å². The fourth-order valence-corrected chi connectivity index (χ4v) is 1.88. The highest BCUT2D eigenvalue weighted by molar-refractivity contribution is 5.89. The maximum absolute atomic E-state index is 11.8. The number of nitrogens with two attached hydrogens (primary N) is 1. The van der Waals surface area contributed by atoms with Crippen LogP contribution in [0.2, 0.25) is 0 Å². The van der Waals surface area contributed by atoms with Crippen LogP contribution in [0.15, 0.2) is 42.5 Å². The molecule has 0 radical (unpaired) electrons. The van der Waals surface area contributed by atoms with Crippen molar-refractivity contribution in [2.24, 2.45) is 0 Å². The maximum Gasteiger partial charge on any atom is 0.319 e. The first-order chi connectivity index (χ1) is 9.56. The van der Waals surface area contributed by atoms with Gasteiger partial charge >= 0.3 is 6.03 Å². The van der Waals surface area contributed by atoms with Gasteiger partial charge in [-0.3, -0.25) is 0 Å². The molecule has 4 heteroatoms.